The number of fused-ring (bicyclic) bond motifs is 2. The average Bonchev–Trinajstić information content (AvgIpc) is 3.35. The van der Waals surface area contributed by atoms with Crippen LogP contribution in [-0.2, 0) is 0 Å². The quantitative estimate of drug-likeness (QED) is 0.589. The number of carbonyl (C=O) groups excluding carboxylic acids is 1. The molecule has 4 heterocycles. The van der Waals surface area contributed by atoms with Gasteiger partial charge in [0.1, 0.15) is 25.4 Å². The maximum absolute atomic E-state index is 12.6. The number of nitrogens with zero attached hydrogens (tertiary/aromatic N) is 4. The van der Waals surface area contributed by atoms with Crippen LogP contribution in [0.4, 0.5) is 5.13 Å². The number of carbonyl (C=O) groups is 1. The van der Waals surface area contributed by atoms with Gasteiger partial charge in [0.15, 0.2) is 16.6 Å². The fourth-order valence-corrected chi connectivity index (χ4v) is 3.65. The molecule has 5 rings (SSSR count). The first-order valence-corrected chi connectivity index (χ1v) is 9.04. The zero-order chi connectivity index (χ0) is 18.2. The first-order chi connectivity index (χ1) is 13.3. The van der Waals surface area contributed by atoms with Crippen molar-refractivity contribution in [1.29, 1.82) is 0 Å². The molecule has 27 heavy (non-hydrogen) atoms. The maximum atomic E-state index is 12.6. The predicted octanol–water partition coefficient (Wildman–Crippen LogP) is 2.90. The van der Waals surface area contributed by atoms with Gasteiger partial charge in [0, 0.05) is 36.3 Å². The molecule has 0 fully saturated rings. The average molecular weight is 379 g/mol. The highest BCUT2D eigenvalue weighted by Gasteiger charge is 2.16. The minimum absolute atomic E-state index is 0.255. The van der Waals surface area contributed by atoms with Crippen LogP contribution in [0.2, 0.25) is 0 Å². The highest BCUT2D eigenvalue weighted by atomic mass is 32.1. The molecule has 1 aliphatic heterocycles. The van der Waals surface area contributed by atoms with Gasteiger partial charge >= 0.3 is 0 Å². The molecule has 0 atom stereocenters. The first-order valence-electron chi connectivity index (χ1n) is 8.22. The van der Waals surface area contributed by atoms with Gasteiger partial charge in [0.2, 0.25) is 0 Å². The van der Waals surface area contributed by atoms with Crippen molar-refractivity contribution in [2.75, 3.05) is 18.5 Å². The van der Waals surface area contributed by atoms with Crippen LogP contribution < -0.4 is 14.8 Å². The molecule has 0 radical (unpaired) electrons. The van der Waals surface area contributed by atoms with E-state index in [1.807, 2.05) is 12.1 Å². The molecule has 8 nitrogen and oxygen atoms in total. The highest BCUT2D eigenvalue weighted by molar-refractivity contribution is 7.22. The molecule has 0 spiro atoms. The van der Waals surface area contributed by atoms with Crippen molar-refractivity contribution >= 4 is 32.6 Å². The SMILES string of the molecule is O=C(Nc1nc2cc3c(cc2s1)OCCO3)c1ccnc(-n2ccnc2)c1. The lowest BCUT2D eigenvalue weighted by atomic mass is 10.2. The summed E-state index contributed by atoms with van der Waals surface area (Å²) in [4.78, 5) is 25.3. The van der Waals surface area contributed by atoms with Gasteiger partial charge in [-0.3, -0.25) is 14.7 Å². The molecule has 0 saturated heterocycles. The Morgan fingerprint density at radius 1 is 1.15 bits per heavy atom. The van der Waals surface area contributed by atoms with E-state index in [0.717, 1.165) is 10.2 Å². The van der Waals surface area contributed by atoms with Gasteiger partial charge in [-0.1, -0.05) is 11.3 Å². The standard InChI is InChI=1S/C18H13N5O3S/c24-17(11-1-2-20-16(7-11)23-4-3-19-10-23)22-18-21-12-8-13-14(9-15(12)27-18)26-6-5-25-13/h1-4,7-10H,5-6H2,(H,21,22,24). The van der Waals surface area contributed by atoms with Gasteiger partial charge in [-0.2, -0.15) is 0 Å². The molecule has 1 amide bonds. The van der Waals surface area contributed by atoms with E-state index in [1.54, 1.807) is 41.6 Å². The summed E-state index contributed by atoms with van der Waals surface area (Å²) < 4.78 is 13.8. The van der Waals surface area contributed by atoms with E-state index in [0.29, 0.717) is 41.2 Å². The van der Waals surface area contributed by atoms with E-state index in [1.165, 1.54) is 11.3 Å². The molecule has 0 aliphatic carbocycles. The normalized spacial score (nSPS) is 12.9. The van der Waals surface area contributed by atoms with Crippen LogP contribution in [0.25, 0.3) is 16.0 Å². The molecule has 1 aromatic carbocycles. The molecule has 1 N–H and O–H groups in total. The summed E-state index contributed by atoms with van der Waals surface area (Å²) in [5.41, 5.74) is 1.24. The summed E-state index contributed by atoms with van der Waals surface area (Å²) in [6.45, 7) is 1.05. The number of nitrogens with one attached hydrogen (secondary N) is 1. The molecule has 4 aromatic rings. The lowest BCUT2D eigenvalue weighted by Crippen LogP contribution is -2.15. The number of hydrogen-bond acceptors (Lipinski definition) is 7. The van der Waals surface area contributed by atoms with E-state index in [9.17, 15) is 4.79 Å². The van der Waals surface area contributed by atoms with Gasteiger partial charge in [-0.05, 0) is 12.1 Å². The van der Waals surface area contributed by atoms with Gasteiger partial charge in [0.25, 0.3) is 5.91 Å². The maximum Gasteiger partial charge on any atom is 0.257 e. The second kappa shape index (κ2) is 6.36. The number of ether oxygens (including phenoxy) is 2. The van der Waals surface area contributed by atoms with Gasteiger partial charge < -0.3 is 9.47 Å². The molecule has 0 unspecified atom stereocenters. The van der Waals surface area contributed by atoms with E-state index in [4.69, 9.17) is 9.47 Å². The van der Waals surface area contributed by atoms with Crippen LogP contribution in [0.15, 0.2) is 49.2 Å². The Morgan fingerprint density at radius 3 is 2.81 bits per heavy atom. The number of amides is 1. The molecular weight excluding hydrogens is 366 g/mol. The van der Waals surface area contributed by atoms with Crippen molar-refractivity contribution in [3.05, 3.63) is 54.7 Å². The summed E-state index contributed by atoms with van der Waals surface area (Å²) in [5.74, 6) is 1.74. The number of thiazole rings is 1. The fraction of sp³-hybridized carbons (Fsp3) is 0.111. The number of pyridine rings is 1. The van der Waals surface area contributed by atoms with Crippen molar-refractivity contribution in [3.8, 4) is 17.3 Å². The molecule has 9 heteroatoms. The van der Waals surface area contributed by atoms with E-state index in [2.05, 4.69) is 20.3 Å². The van der Waals surface area contributed by atoms with E-state index < -0.39 is 0 Å². The van der Waals surface area contributed by atoms with Crippen LogP contribution in [0.3, 0.4) is 0 Å². The van der Waals surface area contributed by atoms with Crippen molar-refractivity contribution in [2.24, 2.45) is 0 Å². The lowest BCUT2D eigenvalue weighted by Gasteiger charge is -2.17. The summed E-state index contributed by atoms with van der Waals surface area (Å²) in [6.07, 6.45) is 6.64. The minimum Gasteiger partial charge on any atom is -0.486 e. The summed E-state index contributed by atoms with van der Waals surface area (Å²) in [6, 6.07) is 7.08. The van der Waals surface area contributed by atoms with Crippen molar-refractivity contribution < 1.29 is 14.3 Å². The lowest BCUT2D eigenvalue weighted by molar-refractivity contribution is 0.102. The van der Waals surface area contributed by atoms with Crippen LogP contribution in [0.5, 0.6) is 11.5 Å². The number of aromatic nitrogens is 4. The van der Waals surface area contributed by atoms with Gasteiger partial charge in [0.05, 0.1) is 10.2 Å². The van der Waals surface area contributed by atoms with Gasteiger partial charge in [-0.15, -0.1) is 0 Å². The van der Waals surface area contributed by atoms with Crippen molar-refractivity contribution in [3.63, 3.8) is 0 Å². The molecule has 0 bridgehead atoms. The number of anilines is 1. The smallest absolute Gasteiger partial charge is 0.257 e. The van der Waals surface area contributed by atoms with Gasteiger partial charge in [-0.25, -0.2) is 15.0 Å². The molecular formula is C18H13N5O3S. The zero-order valence-corrected chi connectivity index (χ0v) is 14.8. The summed E-state index contributed by atoms with van der Waals surface area (Å²) in [7, 11) is 0. The predicted molar refractivity (Wildman–Crippen MR) is 99.9 cm³/mol. The van der Waals surface area contributed by atoms with Crippen molar-refractivity contribution in [2.45, 2.75) is 0 Å². The monoisotopic (exact) mass is 379 g/mol. The van der Waals surface area contributed by atoms with Crippen molar-refractivity contribution in [1.82, 2.24) is 19.5 Å². The Morgan fingerprint density at radius 2 is 2.00 bits per heavy atom. The fourth-order valence-electron chi connectivity index (χ4n) is 2.78. The molecule has 1 aliphatic rings. The zero-order valence-electron chi connectivity index (χ0n) is 14.0. The van der Waals surface area contributed by atoms with Crippen LogP contribution in [0.1, 0.15) is 10.4 Å². The third-order valence-electron chi connectivity index (χ3n) is 4.05. The van der Waals surface area contributed by atoms with E-state index in [-0.39, 0.29) is 5.91 Å². The van der Waals surface area contributed by atoms with Crippen LogP contribution >= 0.6 is 11.3 Å². The third-order valence-corrected chi connectivity index (χ3v) is 4.98. The Bertz CT molecular complexity index is 1100. The van der Waals surface area contributed by atoms with Crippen LogP contribution in [-0.4, -0.2) is 38.6 Å². The summed E-state index contributed by atoms with van der Waals surface area (Å²) in [5, 5.41) is 3.36. The highest BCUT2D eigenvalue weighted by Crippen LogP contribution is 2.37. The number of benzene rings is 1. The minimum atomic E-state index is -0.255. The number of hydrogen-bond donors (Lipinski definition) is 1. The van der Waals surface area contributed by atoms with Crippen LogP contribution in [0, 0.1) is 0 Å². The Hall–Kier alpha value is -3.46. The second-order valence-electron chi connectivity index (χ2n) is 5.81. The van der Waals surface area contributed by atoms with E-state index >= 15 is 0 Å². The molecule has 3 aromatic heterocycles. The molecule has 0 saturated carbocycles. The third kappa shape index (κ3) is 2.97. The number of rotatable bonds is 3. The summed E-state index contributed by atoms with van der Waals surface area (Å²) >= 11 is 1.39. The topological polar surface area (TPSA) is 91.2 Å². The Labute approximate surface area is 157 Å². The molecule has 134 valence electrons. The second-order valence-corrected chi connectivity index (χ2v) is 6.84. The first kappa shape index (κ1) is 15.8. The number of imidazole rings is 1. The Balaban J connectivity index is 1.41. The Kier molecular flexibility index (Phi) is 3.72. The largest absolute Gasteiger partial charge is 0.486 e.